The minimum absolute atomic E-state index is 0.0434. The van der Waals surface area contributed by atoms with Crippen molar-refractivity contribution in [1.82, 2.24) is 0 Å². The molecule has 0 radical (unpaired) electrons. The normalized spacial score (nSPS) is 41.9. The summed E-state index contributed by atoms with van der Waals surface area (Å²) in [6.07, 6.45) is 1.25. The van der Waals surface area contributed by atoms with Gasteiger partial charge in [-0.2, -0.15) is 22.8 Å². The molecule has 1 aliphatic carbocycles. The lowest BCUT2D eigenvalue weighted by atomic mass is 9.76. The smallest absolute Gasteiger partial charge is 0.198 e. The van der Waals surface area contributed by atoms with Gasteiger partial charge in [0.2, 0.25) is 0 Å². The van der Waals surface area contributed by atoms with Crippen LogP contribution in [-0.2, 0) is 0 Å². The molecule has 2 aliphatic rings. The van der Waals surface area contributed by atoms with Crippen LogP contribution in [0.2, 0.25) is 0 Å². The number of nitrogens with zero attached hydrogens (tertiary/aromatic N) is 1. The molecule has 84 valence electrons. The Labute approximate surface area is 88.8 Å². The summed E-state index contributed by atoms with van der Waals surface area (Å²) in [5.41, 5.74) is 0. The fraction of sp³-hybridized carbons (Fsp3) is 0.889. The zero-order valence-electron chi connectivity index (χ0n) is 7.72. The van der Waals surface area contributed by atoms with Crippen LogP contribution in [-0.4, -0.2) is 16.4 Å². The highest BCUT2D eigenvalue weighted by Crippen LogP contribution is 2.63. The summed E-state index contributed by atoms with van der Waals surface area (Å²) in [4.78, 5) is 0. The molecule has 1 saturated heterocycles. The van der Waals surface area contributed by atoms with Crippen molar-refractivity contribution < 1.29 is 17.6 Å². The average molecular weight is 239 g/mol. The number of hydrogen-bond donors (Lipinski definition) is 0. The number of halogens is 4. The topological polar surface area (TPSA) is 23.8 Å². The number of thioether (sulfide) groups is 1. The summed E-state index contributed by atoms with van der Waals surface area (Å²) in [7, 11) is 0. The van der Waals surface area contributed by atoms with Crippen LogP contribution >= 0.6 is 11.8 Å². The van der Waals surface area contributed by atoms with Crippen molar-refractivity contribution >= 4 is 11.8 Å². The van der Waals surface area contributed by atoms with Gasteiger partial charge in [-0.15, -0.1) is 0 Å². The Morgan fingerprint density at radius 1 is 1.20 bits per heavy atom. The third-order valence-electron chi connectivity index (χ3n) is 3.11. The van der Waals surface area contributed by atoms with Crippen LogP contribution in [0.4, 0.5) is 17.6 Å². The van der Waals surface area contributed by atoms with Crippen LogP contribution < -0.4 is 0 Å². The lowest BCUT2D eigenvalue weighted by Crippen LogP contribution is -2.44. The molecular weight excluding hydrogens is 230 g/mol. The molecule has 0 N–H and O–H groups in total. The van der Waals surface area contributed by atoms with Gasteiger partial charge in [0.1, 0.15) is 0 Å². The zero-order valence-corrected chi connectivity index (χ0v) is 8.54. The van der Waals surface area contributed by atoms with Crippen molar-refractivity contribution in [2.75, 3.05) is 0 Å². The molecule has 0 aromatic carbocycles. The maximum atomic E-state index is 13.4. The predicted molar refractivity (Wildman–Crippen MR) is 47.7 cm³/mol. The highest BCUT2D eigenvalue weighted by atomic mass is 32.2. The van der Waals surface area contributed by atoms with E-state index in [0.29, 0.717) is 19.3 Å². The monoisotopic (exact) mass is 239 g/mol. The molecule has 1 nitrogen and oxygen atoms in total. The van der Waals surface area contributed by atoms with Crippen LogP contribution in [0.5, 0.6) is 0 Å². The summed E-state index contributed by atoms with van der Waals surface area (Å²) in [5.74, 6) is -6.45. The SMILES string of the molecule is N#CC1CCCC2SC(F)(F)C(F)(F)C12. The first-order chi connectivity index (χ1) is 6.90. The fourth-order valence-corrected chi connectivity index (χ4v) is 3.85. The van der Waals surface area contributed by atoms with Crippen molar-refractivity contribution in [2.45, 2.75) is 35.7 Å². The van der Waals surface area contributed by atoms with Gasteiger partial charge in [0.05, 0.1) is 17.9 Å². The van der Waals surface area contributed by atoms with E-state index in [4.69, 9.17) is 5.26 Å². The van der Waals surface area contributed by atoms with E-state index >= 15 is 0 Å². The molecule has 3 unspecified atom stereocenters. The molecule has 0 amide bonds. The first-order valence-corrected chi connectivity index (χ1v) is 5.61. The summed E-state index contributed by atoms with van der Waals surface area (Å²) in [5, 5.41) is 3.92. The summed E-state index contributed by atoms with van der Waals surface area (Å²) >= 11 is 0.0434. The predicted octanol–water partition coefficient (Wildman–Crippen LogP) is 3.27. The van der Waals surface area contributed by atoms with E-state index in [0.717, 1.165) is 0 Å². The van der Waals surface area contributed by atoms with E-state index in [9.17, 15) is 17.6 Å². The number of fused-ring (bicyclic) bond motifs is 1. The quantitative estimate of drug-likeness (QED) is 0.606. The van der Waals surface area contributed by atoms with E-state index in [2.05, 4.69) is 0 Å². The number of nitriles is 1. The first kappa shape index (κ1) is 11.1. The average Bonchev–Trinajstić information content (AvgIpc) is 2.33. The molecule has 3 atom stereocenters. The Morgan fingerprint density at radius 2 is 1.87 bits per heavy atom. The second-order valence-electron chi connectivity index (χ2n) is 3.99. The highest BCUT2D eigenvalue weighted by Gasteiger charge is 2.72. The van der Waals surface area contributed by atoms with Crippen LogP contribution in [0.15, 0.2) is 0 Å². The Hall–Kier alpha value is -0.440. The molecule has 6 heteroatoms. The third-order valence-corrected chi connectivity index (χ3v) is 4.51. The summed E-state index contributed by atoms with van der Waals surface area (Å²) in [6, 6.07) is 1.74. The van der Waals surface area contributed by atoms with Crippen LogP contribution in [0.3, 0.4) is 0 Å². The highest BCUT2D eigenvalue weighted by molar-refractivity contribution is 8.01. The van der Waals surface area contributed by atoms with Crippen LogP contribution in [0.1, 0.15) is 19.3 Å². The molecule has 0 bridgehead atoms. The van der Waals surface area contributed by atoms with E-state index in [1.807, 2.05) is 0 Å². The molecule has 2 rings (SSSR count). The molecule has 1 aliphatic heterocycles. The second kappa shape index (κ2) is 3.27. The minimum Gasteiger partial charge on any atom is -0.198 e. The van der Waals surface area contributed by atoms with Gasteiger partial charge in [-0.25, -0.2) is 0 Å². The summed E-state index contributed by atoms with van der Waals surface area (Å²) in [6.45, 7) is 0. The molecule has 0 aromatic heterocycles. The number of hydrogen-bond acceptors (Lipinski definition) is 2. The molecule has 1 saturated carbocycles. The Bertz CT molecular complexity index is 312. The van der Waals surface area contributed by atoms with Gasteiger partial charge in [-0.3, -0.25) is 0 Å². The number of alkyl halides is 4. The van der Waals surface area contributed by atoms with E-state index in [1.54, 1.807) is 6.07 Å². The van der Waals surface area contributed by atoms with Crippen molar-refractivity contribution in [3.05, 3.63) is 0 Å². The van der Waals surface area contributed by atoms with Gasteiger partial charge in [0.25, 0.3) is 0 Å². The minimum atomic E-state index is -4.04. The van der Waals surface area contributed by atoms with Crippen molar-refractivity contribution in [1.29, 1.82) is 5.26 Å². The third kappa shape index (κ3) is 1.43. The van der Waals surface area contributed by atoms with Gasteiger partial charge in [0, 0.05) is 5.25 Å². The van der Waals surface area contributed by atoms with Crippen LogP contribution in [0.25, 0.3) is 0 Å². The lowest BCUT2D eigenvalue weighted by molar-refractivity contribution is -0.183. The van der Waals surface area contributed by atoms with Gasteiger partial charge in [-0.1, -0.05) is 18.2 Å². The molecular formula is C9H9F4NS. The van der Waals surface area contributed by atoms with Crippen LogP contribution in [0, 0.1) is 23.2 Å². The first-order valence-electron chi connectivity index (χ1n) is 4.73. The second-order valence-corrected chi connectivity index (χ2v) is 5.34. The molecule has 0 spiro atoms. The number of rotatable bonds is 0. The van der Waals surface area contributed by atoms with Gasteiger partial charge < -0.3 is 0 Å². The van der Waals surface area contributed by atoms with Crippen molar-refractivity contribution in [3.63, 3.8) is 0 Å². The largest absolute Gasteiger partial charge is 0.356 e. The van der Waals surface area contributed by atoms with E-state index in [-0.39, 0.29) is 11.8 Å². The van der Waals surface area contributed by atoms with Gasteiger partial charge in [-0.05, 0) is 12.8 Å². The van der Waals surface area contributed by atoms with E-state index in [1.165, 1.54) is 0 Å². The maximum Gasteiger partial charge on any atom is 0.356 e. The Balaban J connectivity index is 2.35. The standard InChI is InChI=1S/C9H9F4NS/c10-8(11)7-5(4-14)2-1-3-6(7)15-9(8,12)13/h5-7H,1-3H2. The van der Waals surface area contributed by atoms with E-state index < -0.39 is 28.3 Å². The van der Waals surface area contributed by atoms with Crippen molar-refractivity contribution in [3.8, 4) is 6.07 Å². The lowest BCUT2D eigenvalue weighted by Gasteiger charge is -2.31. The fourth-order valence-electron chi connectivity index (χ4n) is 2.38. The zero-order chi connectivity index (χ0) is 11.3. The van der Waals surface area contributed by atoms with Crippen molar-refractivity contribution in [2.24, 2.45) is 11.8 Å². The maximum absolute atomic E-state index is 13.4. The molecule has 15 heavy (non-hydrogen) atoms. The molecule has 1 heterocycles. The van der Waals surface area contributed by atoms with Gasteiger partial charge >= 0.3 is 11.2 Å². The molecule has 2 fully saturated rings. The summed E-state index contributed by atoms with van der Waals surface area (Å²) < 4.78 is 52.8. The van der Waals surface area contributed by atoms with Gasteiger partial charge in [0.15, 0.2) is 0 Å². The Morgan fingerprint density at radius 3 is 2.47 bits per heavy atom. The Kier molecular flexibility index (Phi) is 2.41. The molecule has 0 aromatic rings.